The van der Waals surface area contributed by atoms with Crippen molar-refractivity contribution in [2.45, 2.75) is 52.1 Å². The van der Waals surface area contributed by atoms with Gasteiger partial charge in [0.2, 0.25) is 0 Å². The minimum Gasteiger partial charge on any atom is -0.308 e. The van der Waals surface area contributed by atoms with E-state index in [1.807, 2.05) is 0 Å². The molecule has 0 bridgehead atoms. The lowest BCUT2D eigenvalue weighted by atomic mass is 10.1. The van der Waals surface area contributed by atoms with Crippen LogP contribution in [0.25, 0.3) is 0 Å². The number of aromatic nitrogens is 1. The van der Waals surface area contributed by atoms with Gasteiger partial charge in [-0.05, 0) is 39.7 Å². The van der Waals surface area contributed by atoms with Crippen molar-refractivity contribution in [3.63, 3.8) is 0 Å². The van der Waals surface area contributed by atoms with Gasteiger partial charge in [-0.15, -0.1) is 0 Å². The lowest BCUT2D eigenvalue weighted by Gasteiger charge is -2.27. The van der Waals surface area contributed by atoms with E-state index in [0.29, 0.717) is 17.9 Å². The second-order valence-electron chi connectivity index (χ2n) is 6.40. The van der Waals surface area contributed by atoms with Crippen molar-refractivity contribution in [3.05, 3.63) is 23.6 Å². The summed E-state index contributed by atoms with van der Waals surface area (Å²) in [5.41, 5.74) is 3.72. The Morgan fingerprint density at radius 3 is 2.60 bits per heavy atom. The first-order valence-corrected chi connectivity index (χ1v) is 7.36. The molecule has 0 aromatic carbocycles. The van der Waals surface area contributed by atoms with E-state index in [1.165, 1.54) is 6.42 Å². The Bertz CT molecular complexity index is 436. The predicted octanol–water partition coefficient (Wildman–Crippen LogP) is 2.92. The average Bonchev–Trinajstić information content (AvgIpc) is 2.40. The van der Waals surface area contributed by atoms with Gasteiger partial charge in [-0.1, -0.05) is 6.42 Å². The molecule has 5 heteroatoms. The molecule has 2 N–H and O–H groups in total. The molecule has 1 aliphatic rings. The molecule has 0 amide bonds. The van der Waals surface area contributed by atoms with Gasteiger partial charge in [0.15, 0.2) is 11.6 Å². The van der Waals surface area contributed by atoms with Gasteiger partial charge in [0, 0.05) is 36.9 Å². The number of rotatable bonds is 4. The van der Waals surface area contributed by atoms with E-state index in [-0.39, 0.29) is 11.4 Å². The van der Waals surface area contributed by atoms with Crippen LogP contribution in [-0.2, 0) is 6.54 Å². The summed E-state index contributed by atoms with van der Waals surface area (Å²) in [5.74, 6) is 0.0786. The van der Waals surface area contributed by atoms with Crippen LogP contribution in [0, 0.1) is 5.82 Å². The van der Waals surface area contributed by atoms with E-state index >= 15 is 0 Å². The molecule has 2 rings (SSSR count). The Balaban J connectivity index is 2.02. The Labute approximate surface area is 120 Å². The lowest BCUT2D eigenvalue weighted by molar-refractivity contribution is 0.270. The molecule has 1 aromatic heterocycles. The third kappa shape index (κ3) is 4.42. The van der Waals surface area contributed by atoms with Crippen LogP contribution in [0.4, 0.5) is 10.2 Å². The Hall–Kier alpha value is -1.20. The molecule has 1 saturated heterocycles. The molecule has 1 aromatic rings. The minimum absolute atomic E-state index is 0.0316. The Morgan fingerprint density at radius 2 is 1.95 bits per heavy atom. The summed E-state index contributed by atoms with van der Waals surface area (Å²) >= 11 is 0. The number of piperidine rings is 1. The number of hydrogen-bond donors (Lipinski definition) is 2. The van der Waals surface area contributed by atoms with Gasteiger partial charge in [0.1, 0.15) is 0 Å². The number of halogens is 1. The molecule has 4 nitrogen and oxygen atoms in total. The molecular formula is C15H25FN4. The normalized spacial score (nSPS) is 17.2. The summed E-state index contributed by atoms with van der Waals surface area (Å²) < 4.78 is 14.4. The number of nitrogens with zero attached hydrogens (tertiary/aromatic N) is 2. The Morgan fingerprint density at radius 1 is 1.25 bits per heavy atom. The zero-order valence-electron chi connectivity index (χ0n) is 12.7. The summed E-state index contributed by atoms with van der Waals surface area (Å²) in [7, 11) is 0. The van der Waals surface area contributed by atoms with Crippen LogP contribution in [-0.4, -0.2) is 28.6 Å². The molecule has 0 aliphatic carbocycles. The van der Waals surface area contributed by atoms with Gasteiger partial charge >= 0.3 is 0 Å². The predicted molar refractivity (Wildman–Crippen MR) is 79.8 cm³/mol. The number of nitrogens with one attached hydrogen (secondary N) is 2. The molecule has 112 valence electrons. The van der Waals surface area contributed by atoms with Crippen LogP contribution < -0.4 is 10.7 Å². The highest BCUT2D eigenvalue weighted by molar-refractivity contribution is 5.39. The SMILES string of the molecule is CC(C)(C)NCc1ccnc(NN2CCCCC2)c1F. The number of anilines is 1. The van der Waals surface area contributed by atoms with E-state index in [1.54, 1.807) is 12.3 Å². The van der Waals surface area contributed by atoms with E-state index in [2.05, 4.69) is 41.5 Å². The van der Waals surface area contributed by atoms with Gasteiger partial charge in [0.25, 0.3) is 0 Å². The lowest BCUT2D eigenvalue weighted by Crippen LogP contribution is -2.36. The molecule has 2 heterocycles. The molecular weight excluding hydrogens is 255 g/mol. The van der Waals surface area contributed by atoms with Crippen molar-refractivity contribution in [3.8, 4) is 0 Å². The fraction of sp³-hybridized carbons (Fsp3) is 0.667. The van der Waals surface area contributed by atoms with E-state index in [0.717, 1.165) is 25.9 Å². The van der Waals surface area contributed by atoms with Crippen LogP contribution in [0.1, 0.15) is 45.6 Å². The zero-order valence-corrected chi connectivity index (χ0v) is 12.7. The van der Waals surface area contributed by atoms with E-state index < -0.39 is 0 Å². The fourth-order valence-electron chi connectivity index (χ4n) is 2.21. The van der Waals surface area contributed by atoms with Gasteiger partial charge in [-0.25, -0.2) is 14.4 Å². The zero-order chi connectivity index (χ0) is 14.6. The van der Waals surface area contributed by atoms with Crippen molar-refractivity contribution in [2.75, 3.05) is 18.5 Å². The third-order valence-electron chi connectivity index (χ3n) is 3.40. The molecule has 0 radical (unpaired) electrons. The van der Waals surface area contributed by atoms with Gasteiger partial charge < -0.3 is 10.7 Å². The number of pyridine rings is 1. The molecule has 20 heavy (non-hydrogen) atoms. The second kappa shape index (κ2) is 6.50. The number of hydrogen-bond acceptors (Lipinski definition) is 4. The summed E-state index contributed by atoms with van der Waals surface area (Å²) in [6.45, 7) is 8.61. The van der Waals surface area contributed by atoms with Gasteiger partial charge in [-0.3, -0.25) is 0 Å². The van der Waals surface area contributed by atoms with Crippen molar-refractivity contribution in [2.24, 2.45) is 0 Å². The minimum atomic E-state index is -0.255. The molecule has 0 saturated carbocycles. The Kier molecular flexibility index (Phi) is 4.94. The van der Waals surface area contributed by atoms with Crippen LogP contribution in [0.2, 0.25) is 0 Å². The maximum absolute atomic E-state index is 14.4. The van der Waals surface area contributed by atoms with Crippen molar-refractivity contribution < 1.29 is 4.39 Å². The molecule has 1 aliphatic heterocycles. The fourth-order valence-corrected chi connectivity index (χ4v) is 2.21. The summed E-state index contributed by atoms with van der Waals surface area (Å²) in [6, 6.07) is 1.73. The topological polar surface area (TPSA) is 40.2 Å². The first-order valence-electron chi connectivity index (χ1n) is 7.36. The molecule has 0 unspecified atom stereocenters. The van der Waals surface area contributed by atoms with Gasteiger partial charge in [-0.2, -0.15) is 0 Å². The molecule has 0 spiro atoms. The van der Waals surface area contributed by atoms with Crippen LogP contribution in [0.5, 0.6) is 0 Å². The first-order chi connectivity index (χ1) is 9.46. The quantitative estimate of drug-likeness (QED) is 0.889. The first kappa shape index (κ1) is 15.2. The van der Waals surface area contributed by atoms with Crippen molar-refractivity contribution in [1.29, 1.82) is 0 Å². The molecule has 0 atom stereocenters. The van der Waals surface area contributed by atoms with E-state index in [4.69, 9.17) is 0 Å². The highest BCUT2D eigenvalue weighted by Crippen LogP contribution is 2.18. The molecule has 1 fully saturated rings. The summed E-state index contributed by atoms with van der Waals surface area (Å²) in [4.78, 5) is 4.12. The largest absolute Gasteiger partial charge is 0.308 e. The van der Waals surface area contributed by atoms with E-state index in [9.17, 15) is 4.39 Å². The van der Waals surface area contributed by atoms with Crippen LogP contribution in [0.3, 0.4) is 0 Å². The van der Waals surface area contributed by atoms with Crippen LogP contribution >= 0.6 is 0 Å². The maximum Gasteiger partial charge on any atom is 0.177 e. The highest BCUT2D eigenvalue weighted by atomic mass is 19.1. The summed E-state index contributed by atoms with van der Waals surface area (Å²) in [5, 5.41) is 5.35. The second-order valence-corrected chi connectivity index (χ2v) is 6.40. The van der Waals surface area contributed by atoms with Crippen LogP contribution in [0.15, 0.2) is 12.3 Å². The number of hydrazine groups is 1. The third-order valence-corrected chi connectivity index (χ3v) is 3.40. The monoisotopic (exact) mass is 280 g/mol. The van der Waals surface area contributed by atoms with Gasteiger partial charge in [0.05, 0.1) is 0 Å². The smallest absolute Gasteiger partial charge is 0.177 e. The highest BCUT2D eigenvalue weighted by Gasteiger charge is 2.16. The average molecular weight is 280 g/mol. The standard InChI is InChI=1S/C15H25FN4/c1-15(2,3)18-11-12-7-8-17-14(13(12)16)19-20-9-5-4-6-10-20/h7-8,18H,4-6,9-11H2,1-3H3,(H,17,19). The maximum atomic E-state index is 14.4. The summed E-state index contributed by atoms with van der Waals surface area (Å²) in [6.07, 6.45) is 5.22. The van der Waals surface area contributed by atoms with Crippen molar-refractivity contribution in [1.82, 2.24) is 15.3 Å². The van der Waals surface area contributed by atoms with Crippen molar-refractivity contribution >= 4 is 5.82 Å².